The molecule has 2 amide bonds. The first-order valence-electron chi connectivity index (χ1n) is 11.7. The largest absolute Gasteiger partial charge is 0.369 e. The minimum absolute atomic E-state index is 0.343. The molecule has 0 atom stereocenters. The lowest BCUT2D eigenvalue weighted by atomic mass is 9.99. The number of amides is 2. The molecule has 34 heavy (non-hydrogen) atoms. The van der Waals surface area contributed by atoms with Gasteiger partial charge in [-0.1, -0.05) is 26.0 Å². The molecule has 3 heterocycles. The summed E-state index contributed by atoms with van der Waals surface area (Å²) in [6, 6.07) is 12.4. The van der Waals surface area contributed by atoms with Gasteiger partial charge in [0, 0.05) is 42.8 Å². The molecule has 0 bridgehead atoms. The van der Waals surface area contributed by atoms with Gasteiger partial charge in [-0.05, 0) is 66.2 Å². The number of thioether (sulfide) groups is 1. The summed E-state index contributed by atoms with van der Waals surface area (Å²) in [7, 11) is 0. The molecule has 2 aliphatic heterocycles. The number of hydrogen-bond donors (Lipinski definition) is 1. The monoisotopic (exact) mass is 473 g/mol. The Labute approximate surface area is 203 Å². The Kier molecular flexibility index (Phi) is 6.34. The van der Waals surface area contributed by atoms with Crippen molar-refractivity contribution in [1.29, 1.82) is 0 Å². The Hall–Kier alpha value is -3.23. The maximum absolute atomic E-state index is 12.0. The Bertz CT molecular complexity index is 1300. The molecule has 2 aliphatic rings. The summed E-state index contributed by atoms with van der Waals surface area (Å²) in [5.74, 6) is -0.359. The molecule has 0 unspecified atom stereocenters. The number of carbonyl (C=O) groups excluding carboxylic acids is 2. The first kappa shape index (κ1) is 22.6. The predicted molar refractivity (Wildman–Crippen MR) is 138 cm³/mol. The zero-order valence-corrected chi connectivity index (χ0v) is 20.2. The van der Waals surface area contributed by atoms with E-state index in [1.54, 1.807) is 12.4 Å². The second-order valence-corrected chi connectivity index (χ2v) is 9.48. The van der Waals surface area contributed by atoms with Crippen LogP contribution in [0.4, 0.5) is 10.5 Å². The van der Waals surface area contributed by atoms with Gasteiger partial charge in [0.05, 0.1) is 16.1 Å². The number of piperazine rings is 1. The Morgan fingerprint density at radius 2 is 1.85 bits per heavy atom. The molecule has 174 valence electrons. The molecule has 2 aromatic carbocycles. The number of nitrogens with one attached hydrogen (secondary N) is 1. The van der Waals surface area contributed by atoms with Gasteiger partial charge in [0.2, 0.25) is 0 Å². The van der Waals surface area contributed by atoms with Crippen molar-refractivity contribution in [2.24, 2.45) is 0 Å². The van der Waals surface area contributed by atoms with Crippen LogP contribution in [0, 0.1) is 0 Å². The number of imide groups is 1. The highest BCUT2D eigenvalue weighted by Gasteiger charge is 2.25. The molecule has 1 aromatic heterocycles. The molecular weight excluding hydrogens is 446 g/mol. The number of hydrogen-bond acceptors (Lipinski definition) is 7. The Morgan fingerprint density at radius 3 is 2.56 bits per heavy atom. The SMILES string of the molecule is CCc1cc(-c2ncnc3ccc(/C=C4\SC(=O)NC4=O)cc23)ccc1N1CCN(CC)CC1. The second-order valence-electron chi connectivity index (χ2n) is 8.47. The molecule has 2 saturated heterocycles. The molecule has 3 aromatic rings. The van der Waals surface area contributed by atoms with Crippen molar-refractivity contribution in [3.05, 3.63) is 58.8 Å². The zero-order chi connectivity index (χ0) is 23.7. The summed E-state index contributed by atoms with van der Waals surface area (Å²) in [5, 5.41) is 2.87. The number of nitrogens with zero attached hydrogens (tertiary/aromatic N) is 4. The average molecular weight is 474 g/mol. The summed E-state index contributed by atoms with van der Waals surface area (Å²) in [6.07, 6.45) is 4.27. The predicted octanol–water partition coefficient (Wildman–Crippen LogP) is 4.33. The second kappa shape index (κ2) is 9.56. The number of rotatable bonds is 5. The molecule has 5 rings (SSSR count). The molecule has 0 aliphatic carbocycles. The summed E-state index contributed by atoms with van der Waals surface area (Å²) in [5.41, 5.74) is 6.20. The van der Waals surface area contributed by atoms with Crippen LogP contribution in [0.2, 0.25) is 0 Å². The van der Waals surface area contributed by atoms with Gasteiger partial charge >= 0.3 is 0 Å². The normalized spacial score (nSPS) is 18.2. The van der Waals surface area contributed by atoms with E-state index in [1.807, 2.05) is 18.2 Å². The summed E-state index contributed by atoms with van der Waals surface area (Å²) in [6.45, 7) is 9.80. The van der Waals surface area contributed by atoms with Crippen LogP contribution in [-0.4, -0.2) is 58.7 Å². The number of anilines is 1. The molecular formula is C26H27N5O2S. The fourth-order valence-electron chi connectivity index (χ4n) is 4.60. The molecule has 7 nitrogen and oxygen atoms in total. The lowest BCUT2D eigenvalue weighted by molar-refractivity contribution is -0.115. The van der Waals surface area contributed by atoms with E-state index in [4.69, 9.17) is 0 Å². The maximum Gasteiger partial charge on any atom is 0.290 e. The molecule has 1 N–H and O–H groups in total. The standard InChI is InChI=1S/C26H27N5O2S/c1-3-18-15-19(6-8-22(18)31-11-9-30(4-2)10-12-31)24-20-13-17(5-7-21(20)27-16-28-24)14-23-25(32)29-26(33)34-23/h5-8,13-16H,3-4,9-12H2,1-2H3,(H,29,32,33)/b23-14-. The number of fused-ring (bicyclic) bond motifs is 1. The van der Waals surface area contributed by atoms with Crippen molar-refractivity contribution < 1.29 is 9.59 Å². The van der Waals surface area contributed by atoms with E-state index >= 15 is 0 Å². The highest BCUT2D eigenvalue weighted by Crippen LogP contribution is 2.32. The Morgan fingerprint density at radius 1 is 1.03 bits per heavy atom. The third-order valence-electron chi connectivity index (χ3n) is 6.49. The summed E-state index contributed by atoms with van der Waals surface area (Å²) in [4.78, 5) is 37.9. The van der Waals surface area contributed by atoms with Crippen LogP contribution < -0.4 is 10.2 Å². The highest BCUT2D eigenvalue weighted by molar-refractivity contribution is 8.18. The smallest absolute Gasteiger partial charge is 0.290 e. The van der Waals surface area contributed by atoms with Gasteiger partial charge in [0.15, 0.2) is 0 Å². The third-order valence-corrected chi connectivity index (χ3v) is 7.30. The quantitative estimate of drug-likeness (QED) is 0.553. The average Bonchev–Trinajstić information content (AvgIpc) is 3.19. The van der Waals surface area contributed by atoms with Gasteiger partial charge in [0.25, 0.3) is 11.1 Å². The lowest BCUT2D eigenvalue weighted by Gasteiger charge is -2.36. The number of benzene rings is 2. The van der Waals surface area contributed by atoms with Crippen molar-refractivity contribution in [3.63, 3.8) is 0 Å². The summed E-state index contributed by atoms with van der Waals surface area (Å²) < 4.78 is 0. The molecule has 0 saturated carbocycles. The number of aromatic nitrogens is 2. The minimum Gasteiger partial charge on any atom is -0.369 e. The van der Waals surface area contributed by atoms with E-state index in [1.165, 1.54) is 11.3 Å². The number of likely N-dealkylation sites (N-methyl/N-ethyl adjacent to an activating group) is 1. The van der Waals surface area contributed by atoms with E-state index in [-0.39, 0.29) is 11.1 Å². The van der Waals surface area contributed by atoms with E-state index in [2.05, 4.69) is 57.1 Å². The Balaban J connectivity index is 1.50. The van der Waals surface area contributed by atoms with Crippen LogP contribution in [-0.2, 0) is 11.2 Å². The van der Waals surface area contributed by atoms with Crippen molar-refractivity contribution in [2.75, 3.05) is 37.6 Å². The van der Waals surface area contributed by atoms with Crippen LogP contribution in [0.15, 0.2) is 47.6 Å². The van der Waals surface area contributed by atoms with Crippen LogP contribution in [0.25, 0.3) is 28.2 Å². The van der Waals surface area contributed by atoms with Gasteiger partial charge in [-0.2, -0.15) is 0 Å². The van der Waals surface area contributed by atoms with Gasteiger partial charge in [-0.25, -0.2) is 9.97 Å². The van der Waals surface area contributed by atoms with E-state index in [0.717, 1.165) is 78.6 Å². The van der Waals surface area contributed by atoms with E-state index in [9.17, 15) is 9.59 Å². The van der Waals surface area contributed by atoms with Gasteiger partial charge in [0.1, 0.15) is 6.33 Å². The molecule has 0 spiro atoms. The minimum atomic E-state index is -0.359. The van der Waals surface area contributed by atoms with Crippen LogP contribution in [0.5, 0.6) is 0 Å². The van der Waals surface area contributed by atoms with Crippen molar-refractivity contribution in [2.45, 2.75) is 20.3 Å². The molecule has 0 radical (unpaired) electrons. The number of carbonyl (C=O) groups is 2. The first-order chi connectivity index (χ1) is 16.6. The highest BCUT2D eigenvalue weighted by atomic mass is 32.2. The van der Waals surface area contributed by atoms with Crippen LogP contribution >= 0.6 is 11.8 Å². The van der Waals surface area contributed by atoms with Crippen molar-refractivity contribution in [3.8, 4) is 11.3 Å². The van der Waals surface area contributed by atoms with E-state index < -0.39 is 0 Å². The van der Waals surface area contributed by atoms with Crippen LogP contribution in [0.1, 0.15) is 25.0 Å². The number of aryl methyl sites for hydroxylation is 1. The van der Waals surface area contributed by atoms with E-state index in [0.29, 0.717) is 4.91 Å². The fraction of sp³-hybridized carbons (Fsp3) is 0.308. The van der Waals surface area contributed by atoms with Crippen molar-refractivity contribution >= 4 is 45.6 Å². The fourth-order valence-corrected chi connectivity index (χ4v) is 5.28. The van der Waals surface area contributed by atoms with Crippen molar-refractivity contribution in [1.82, 2.24) is 20.2 Å². The lowest BCUT2D eigenvalue weighted by Crippen LogP contribution is -2.46. The summed E-state index contributed by atoms with van der Waals surface area (Å²) >= 11 is 0.919. The maximum atomic E-state index is 12.0. The van der Waals surface area contributed by atoms with Crippen LogP contribution in [0.3, 0.4) is 0 Å². The molecule has 2 fully saturated rings. The zero-order valence-electron chi connectivity index (χ0n) is 19.4. The van der Waals surface area contributed by atoms with Gasteiger partial charge in [-0.3, -0.25) is 14.9 Å². The first-order valence-corrected chi connectivity index (χ1v) is 12.5. The topological polar surface area (TPSA) is 78.4 Å². The third kappa shape index (κ3) is 4.43. The van der Waals surface area contributed by atoms with Gasteiger partial charge in [-0.15, -0.1) is 0 Å². The molecule has 8 heteroatoms. The van der Waals surface area contributed by atoms with Gasteiger partial charge < -0.3 is 9.80 Å².